The summed E-state index contributed by atoms with van der Waals surface area (Å²) in [5.74, 6) is 0.855. The molecule has 1 atom stereocenters. The molecule has 0 bridgehead atoms. The largest absolute Gasteiger partial charge is 0.342 e. The molecule has 1 amide bonds. The maximum absolute atomic E-state index is 12.0. The first-order valence-electron chi connectivity index (χ1n) is 6.37. The molecule has 0 aromatic carbocycles. The summed E-state index contributed by atoms with van der Waals surface area (Å²) in [5.41, 5.74) is 1.18. The van der Waals surface area contributed by atoms with Crippen molar-refractivity contribution in [2.24, 2.45) is 5.92 Å². The van der Waals surface area contributed by atoms with Gasteiger partial charge in [0.05, 0.1) is 6.42 Å². The van der Waals surface area contributed by atoms with Gasteiger partial charge in [-0.25, -0.2) is 0 Å². The number of nitrogens with zero attached hydrogens (tertiary/aromatic N) is 1. The number of hydrogen-bond donors (Lipinski definition) is 1. The molecule has 1 saturated heterocycles. The van der Waals surface area contributed by atoms with E-state index in [-0.39, 0.29) is 5.91 Å². The Morgan fingerprint density at radius 1 is 1.53 bits per heavy atom. The third kappa shape index (κ3) is 4.99. The van der Waals surface area contributed by atoms with Crippen molar-refractivity contribution in [1.82, 2.24) is 4.90 Å². The summed E-state index contributed by atoms with van der Waals surface area (Å²) >= 11 is 4.39. The number of likely N-dealkylation sites (tertiary alicyclic amines) is 1. The molecule has 1 aliphatic heterocycles. The third-order valence-electron chi connectivity index (χ3n) is 3.03. The number of carbonyl (C=O) groups is 1. The van der Waals surface area contributed by atoms with Crippen molar-refractivity contribution in [3.8, 4) is 0 Å². The standard InChI is InChI=1S/C14H23NOS/c1-4-5-11(2)8-13(17)9-14(16)15-7-6-12(3)10-15/h5,8,12,17H,4,6-7,9-10H2,1-3H3/b11-5+,13-8-. The van der Waals surface area contributed by atoms with Crippen LogP contribution in [0.4, 0.5) is 0 Å². The molecule has 1 fully saturated rings. The lowest BCUT2D eigenvalue weighted by Crippen LogP contribution is -2.28. The van der Waals surface area contributed by atoms with E-state index in [1.807, 2.05) is 17.9 Å². The lowest BCUT2D eigenvalue weighted by atomic mass is 10.2. The number of hydrogen-bond acceptors (Lipinski definition) is 2. The van der Waals surface area contributed by atoms with Crippen LogP contribution in [0.2, 0.25) is 0 Å². The van der Waals surface area contributed by atoms with Crippen LogP contribution in [0.5, 0.6) is 0 Å². The van der Waals surface area contributed by atoms with E-state index in [1.165, 1.54) is 5.57 Å². The molecule has 1 heterocycles. The van der Waals surface area contributed by atoms with Crippen molar-refractivity contribution in [3.05, 3.63) is 22.6 Å². The third-order valence-corrected chi connectivity index (χ3v) is 3.32. The summed E-state index contributed by atoms with van der Waals surface area (Å²) in [6, 6.07) is 0. The summed E-state index contributed by atoms with van der Waals surface area (Å²) in [6.45, 7) is 8.15. The second-order valence-corrected chi connectivity index (χ2v) is 5.48. The predicted molar refractivity (Wildman–Crippen MR) is 76.1 cm³/mol. The minimum Gasteiger partial charge on any atom is -0.342 e. The molecule has 0 radical (unpaired) electrons. The molecular weight excluding hydrogens is 230 g/mol. The highest BCUT2D eigenvalue weighted by Crippen LogP contribution is 2.19. The summed E-state index contributed by atoms with van der Waals surface area (Å²) in [6.07, 6.45) is 6.71. The van der Waals surface area contributed by atoms with Crippen LogP contribution in [0.15, 0.2) is 22.6 Å². The number of thiol groups is 1. The Balaban J connectivity index is 2.48. The Morgan fingerprint density at radius 3 is 2.76 bits per heavy atom. The van der Waals surface area contributed by atoms with Gasteiger partial charge in [-0.05, 0) is 36.7 Å². The van der Waals surface area contributed by atoms with Gasteiger partial charge in [-0.2, -0.15) is 0 Å². The van der Waals surface area contributed by atoms with Gasteiger partial charge in [0.2, 0.25) is 5.91 Å². The average molecular weight is 253 g/mol. The fraction of sp³-hybridized carbons (Fsp3) is 0.643. The number of carbonyl (C=O) groups excluding carboxylic acids is 1. The number of allylic oxidation sites excluding steroid dienone is 3. The second kappa shape index (κ2) is 6.90. The van der Waals surface area contributed by atoms with E-state index < -0.39 is 0 Å². The topological polar surface area (TPSA) is 20.3 Å². The highest BCUT2D eigenvalue weighted by molar-refractivity contribution is 7.84. The van der Waals surface area contributed by atoms with Crippen molar-refractivity contribution in [2.45, 2.75) is 40.0 Å². The first-order valence-corrected chi connectivity index (χ1v) is 6.81. The molecule has 0 aromatic rings. The Bertz CT molecular complexity index is 333. The molecule has 2 nitrogen and oxygen atoms in total. The molecule has 0 aromatic heterocycles. The summed E-state index contributed by atoms with van der Waals surface area (Å²) in [7, 11) is 0. The highest BCUT2D eigenvalue weighted by atomic mass is 32.1. The first kappa shape index (κ1) is 14.4. The quantitative estimate of drug-likeness (QED) is 0.601. The average Bonchev–Trinajstić information content (AvgIpc) is 2.64. The summed E-state index contributed by atoms with van der Waals surface area (Å²) in [5, 5.41) is 0. The Kier molecular flexibility index (Phi) is 5.83. The maximum Gasteiger partial charge on any atom is 0.227 e. The Morgan fingerprint density at radius 2 is 2.24 bits per heavy atom. The van der Waals surface area contributed by atoms with Gasteiger partial charge in [-0.3, -0.25) is 4.79 Å². The number of amides is 1. The van der Waals surface area contributed by atoms with Crippen LogP contribution in [-0.4, -0.2) is 23.9 Å². The van der Waals surface area contributed by atoms with Crippen LogP contribution in [0.1, 0.15) is 40.0 Å². The van der Waals surface area contributed by atoms with Gasteiger partial charge in [0.15, 0.2) is 0 Å². The molecule has 1 unspecified atom stereocenters. The minimum absolute atomic E-state index is 0.208. The summed E-state index contributed by atoms with van der Waals surface area (Å²) < 4.78 is 0. The molecule has 17 heavy (non-hydrogen) atoms. The van der Waals surface area contributed by atoms with Crippen molar-refractivity contribution >= 4 is 18.5 Å². The van der Waals surface area contributed by atoms with Gasteiger partial charge in [0.25, 0.3) is 0 Å². The second-order valence-electron chi connectivity index (χ2n) is 4.90. The van der Waals surface area contributed by atoms with E-state index in [4.69, 9.17) is 0 Å². The SMILES string of the molecule is CC/C=C(C)/C=C(\S)CC(=O)N1CCC(C)C1. The maximum atomic E-state index is 12.0. The molecule has 1 aliphatic rings. The van der Waals surface area contributed by atoms with Crippen molar-refractivity contribution < 1.29 is 4.79 Å². The fourth-order valence-electron chi connectivity index (χ4n) is 2.12. The number of rotatable bonds is 4. The Labute approximate surface area is 110 Å². The van der Waals surface area contributed by atoms with Crippen LogP contribution in [0, 0.1) is 5.92 Å². The van der Waals surface area contributed by atoms with E-state index >= 15 is 0 Å². The normalized spacial score (nSPS) is 22.1. The molecule has 0 spiro atoms. The monoisotopic (exact) mass is 253 g/mol. The predicted octanol–water partition coefficient (Wildman–Crippen LogP) is 3.41. The van der Waals surface area contributed by atoms with E-state index in [0.29, 0.717) is 12.3 Å². The lowest BCUT2D eigenvalue weighted by molar-refractivity contribution is -0.129. The van der Waals surface area contributed by atoms with Gasteiger partial charge in [0, 0.05) is 13.1 Å². The molecule has 1 rings (SSSR count). The van der Waals surface area contributed by atoms with Crippen molar-refractivity contribution in [1.29, 1.82) is 0 Å². The smallest absolute Gasteiger partial charge is 0.227 e. The van der Waals surface area contributed by atoms with Gasteiger partial charge in [-0.1, -0.05) is 25.5 Å². The van der Waals surface area contributed by atoms with Crippen LogP contribution < -0.4 is 0 Å². The Hall–Kier alpha value is -0.700. The zero-order valence-corrected chi connectivity index (χ0v) is 12.0. The van der Waals surface area contributed by atoms with E-state index in [1.54, 1.807) is 0 Å². The molecule has 0 aliphatic carbocycles. The van der Waals surface area contributed by atoms with Gasteiger partial charge >= 0.3 is 0 Å². The van der Waals surface area contributed by atoms with E-state index in [9.17, 15) is 4.79 Å². The molecule has 3 heteroatoms. The minimum atomic E-state index is 0.208. The van der Waals surface area contributed by atoms with E-state index in [2.05, 4.69) is 32.6 Å². The highest BCUT2D eigenvalue weighted by Gasteiger charge is 2.22. The molecule has 96 valence electrons. The molecule has 0 saturated carbocycles. The van der Waals surface area contributed by atoms with Crippen LogP contribution >= 0.6 is 12.6 Å². The zero-order valence-electron chi connectivity index (χ0n) is 11.1. The molecular formula is C14H23NOS. The lowest BCUT2D eigenvalue weighted by Gasteiger charge is -2.15. The van der Waals surface area contributed by atoms with Crippen LogP contribution in [-0.2, 0) is 4.79 Å². The van der Waals surface area contributed by atoms with Crippen molar-refractivity contribution in [2.75, 3.05) is 13.1 Å². The first-order chi connectivity index (χ1) is 8.02. The van der Waals surface area contributed by atoms with Gasteiger partial charge in [0.1, 0.15) is 0 Å². The fourth-order valence-corrected chi connectivity index (χ4v) is 2.46. The van der Waals surface area contributed by atoms with E-state index in [0.717, 1.165) is 30.8 Å². The van der Waals surface area contributed by atoms with Crippen molar-refractivity contribution in [3.63, 3.8) is 0 Å². The molecule has 0 N–H and O–H groups in total. The zero-order chi connectivity index (χ0) is 12.8. The van der Waals surface area contributed by atoms with Crippen LogP contribution in [0.3, 0.4) is 0 Å². The van der Waals surface area contributed by atoms with Gasteiger partial charge in [-0.15, -0.1) is 12.6 Å². The summed E-state index contributed by atoms with van der Waals surface area (Å²) in [4.78, 5) is 14.8. The van der Waals surface area contributed by atoms with Crippen LogP contribution in [0.25, 0.3) is 0 Å². The van der Waals surface area contributed by atoms with Gasteiger partial charge < -0.3 is 4.90 Å².